The summed E-state index contributed by atoms with van der Waals surface area (Å²) in [4.78, 5) is 15.6. The first kappa shape index (κ1) is 15.9. The van der Waals surface area contributed by atoms with E-state index in [1.165, 1.54) is 13.1 Å². The van der Waals surface area contributed by atoms with Gasteiger partial charge in [-0.2, -0.15) is 10.1 Å². The van der Waals surface area contributed by atoms with E-state index in [2.05, 4.69) is 25.8 Å². The number of benzene rings is 2. The van der Waals surface area contributed by atoms with Crippen molar-refractivity contribution in [3.63, 3.8) is 0 Å². The molecule has 0 radical (unpaired) electrons. The molecule has 0 atom stereocenters. The number of hydrogen-bond donors (Lipinski definition) is 2. The van der Waals surface area contributed by atoms with E-state index < -0.39 is 0 Å². The van der Waals surface area contributed by atoms with Crippen LogP contribution in [-0.4, -0.2) is 21.0 Å². The summed E-state index contributed by atoms with van der Waals surface area (Å²) in [6.45, 7) is 1.53. The van der Waals surface area contributed by atoms with Gasteiger partial charge in [0.1, 0.15) is 0 Å². The van der Waals surface area contributed by atoms with Gasteiger partial charge in [-0.15, -0.1) is 5.10 Å². The minimum Gasteiger partial charge on any atom is -0.338 e. The summed E-state index contributed by atoms with van der Waals surface area (Å²) < 4.78 is 0. The van der Waals surface area contributed by atoms with E-state index in [1.54, 1.807) is 30.3 Å². The molecule has 0 aliphatic carbocycles. The highest BCUT2D eigenvalue weighted by Gasteiger charge is 2.05. The third kappa shape index (κ3) is 3.85. The van der Waals surface area contributed by atoms with Crippen LogP contribution in [0.2, 0.25) is 5.02 Å². The average molecular weight is 340 g/mol. The Hall–Kier alpha value is -2.99. The second kappa shape index (κ2) is 7.06. The van der Waals surface area contributed by atoms with Crippen LogP contribution in [-0.2, 0) is 0 Å². The Labute approximate surface area is 143 Å². The van der Waals surface area contributed by atoms with Gasteiger partial charge >= 0.3 is 0 Å². The Bertz CT molecular complexity index is 867. The molecule has 0 aliphatic rings. The predicted molar refractivity (Wildman–Crippen MR) is 94.3 cm³/mol. The van der Waals surface area contributed by atoms with Crippen LogP contribution in [0.15, 0.2) is 54.7 Å². The van der Waals surface area contributed by atoms with Crippen molar-refractivity contribution in [1.29, 1.82) is 0 Å². The standard InChI is InChI=1S/C17H14ClN5O/c1-11(24)12-6-8-13(9-7-12)20-17-22-16(10-19-23-17)21-15-5-3-2-4-14(15)18/h2-10H,1H3,(H2,20,21,22,23). The summed E-state index contributed by atoms with van der Waals surface area (Å²) in [6.07, 6.45) is 1.51. The number of nitrogens with zero attached hydrogens (tertiary/aromatic N) is 3. The molecule has 24 heavy (non-hydrogen) atoms. The summed E-state index contributed by atoms with van der Waals surface area (Å²) in [5.41, 5.74) is 2.14. The van der Waals surface area contributed by atoms with E-state index in [4.69, 9.17) is 11.6 Å². The molecular formula is C17H14ClN5O. The summed E-state index contributed by atoms with van der Waals surface area (Å²) in [5, 5.41) is 14.6. The number of anilines is 4. The SMILES string of the molecule is CC(=O)c1ccc(Nc2nncc(Nc3ccccc3Cl)n2)cc1. The predicted octanol–water partition coefficient (Wildman–Crippen LogP) is 4.21. The lowest BCUT2D eigenvalue weighted by atomic mass is 10.1. The van der Waals surface area contributed by atoms with Crippen LogP contribution in [0.1, 0.15) is 17.3 Å². The molecular weight excluding hydrogens is 326 g/mol. The molecule has 1 aromatic heterocycles. The van der Waals surface area contributed by atoms with E-state index in [1.807, 2.05) is 18.2 Å². The monoisotopic (exact) mass is 339 g/mol. The Balaban J connectivity index is 1.75. The van der Waals surface area contributed by atoms with Crippen LogP contribution in [0.3, 0.4) is 0 Å². The molecule has 0 unspecified atom stereocenters. The first-order valence-corrected chi connectivity index (χ1v) is 7.59. The molecule has 3 aromatic rings. The van der Waals surface area contributed by atoms with Gasteiger partial charge in [-0.3, -0.25) is 4.79 Å². The molecule has 2 aromatic carbocycles. The number of carbonyl (C=O) groups is 1. The Kier molecular flexibility index (Phi) is 4.67. The number of para-hydroxylation sites is 1. The molecule has 0 bridgehead atoms. The summed E-state index contributed by atoms with van der Waals surface area (Å²) >= 11 is 6.11. The molecule has 7 heteroatoms. The largest absolute Gasteiger partial charge is 0.338 e. The second-order valence-corrected chi connectivity index (χ2v) is 5.44. The van der Waals surface area contributed by atoms with E-state index in [0.29, 0.717) is 22.4 Å². The zero-order valence-corrected chi connectivity index (χ0v) is 13.6. The molecule has 0 amide bonds. The zero-order valence-electron chi connectivity index (χ0n) is 12.8. The third-order valence-electron chi connectivity index (χ3n) is 3.24. The average Bonchev–Trinajstić information content (AvgIpc) is 2.58. The van der Waals surface area contributed by atoms with Crippen LogP contribution >= 0.6 is 11.6 Å². The van der Waals surface area contributed by atoms with Crippen molar-refractivity contribution in [2.75, 3.05) is 10.6 Å². The highest BCUT2D eigenvalue weighted by molar-refractivity contribution is 6.33. The van der Waals surface area contributed by atoms with Gasteiger partial charge in [0.15, 0.2) is 11.6 Å². The molecule has 0 saturated heterocycles. The van der Waals surface area contributed by atoms with Crippen molar-refractivity contribution in [2.45, 2.75) is 6.92 Å². The molecule has 3 rings (SSSR count). The van der Waals surface area contributed by atoms with Gasteiger partial charge in [-0.05, 0) is 43.3 Å². The Morgan fingerprint density at radius 2 is 1.79 bits per heavy atom. The van der Waals surface area contributed by atoms with Crippen molar-refractivity contribution < 1.29 is 4.79 Å². The van der Waals surface area contributed by atoms with Gasteiger partial charge in [-0.1, -0.05) is 23.7 Å². The lowest BCUT2D eigenvalue weighted by molar-refractivity contribution is 0.101. The van der Waals surface area contributed by atoms with E-state index >= 15 is 0 Å². The second-order valence-electron chi connectivity index (χ2n) is 5.03. The Morgan fingerprint density at radius 3 is 2.50 bits per heavy atom. The first-order valence-electron chi connectivity index (χ1n) is 7.21. The molecule has 0 aliphatic heterocycles. The number of carbonyl (C=O) groups excluding carboxylic acids is 1. The van der Waals surface area contributed by atoms with Crippen LogP contribution in [0, 0.1) is 0 Å². The summed E-state index contributed by atoms with van der Waals surface area (Å²) in [7, 11) is 0. The molecule has 120 valence electrons. The van der Waals surface area contributed by atoms with Gasteiger partial charge in [-0.25, -0.2) is 0 Å². The lowest BCUT2D eigenvalue weighted by Gasteiger charge is -2.09. The fourth-order valence-corrected chi connectivity index (χ4v) is 2.22. The normalized spacial score (nSPS) is 10.2. The van der Waals surface area contributed by atoms with Crippen LogP contribution in [0.25, 0.3) is 0 Å². The van der Waals surface area contributed by atoms with Gasteiger partial charge < -0.3 is 10.6 Å². The smallest absolute Gasteiger partial charge is 0.249 e. The quantitative estimate of drug-likeness (QED) is 0.678. The molecule has 0 saturated carbocycles. The van der Waals surface area contributed by atoms with Crippen molar-refractivity contribution in [1.82, 2.24) is 15.2 Å². The maximum absolute atomic E-state index is 11.3. The minimum absolute atomic E-state index is 0.0189. The van der Waals surface area contributed by atoms with Crippen LogP contribution in [0.4, 0.5) is 23.1 Å². The number of rotatable bonds is 5. The number of hydrogen-bond acceptors (Lipinski definition) is 6. The fourth-order valence-electron chi connectivity index (χ4n) is 2.03. The van der Waals surface area contributed by atoms with Gasteiger partial charge in [0, 0.05) is 11.3 Å². The maximum atomic E-state index is 11.3. The van der Waals surface area contributed by atoms with E-state index in [-0.39, 0.29) is 5.78 Å². The van der Waals surface area contributed by atoms with Crippen molar-refractivity contribution in [2.24, 2.45) is 0 Å². The van der Waals surface area contributed by atoms with Gasteiger partial charge in [0.2, 0.25) is 5.95 Å². The highest BCUT2D eigenvalue weighted by Crippen LogP contribution is 2.24. The van der Waals surface area contributed by atoms with Crippen LogP contribution < -0.4 is 10.6 Å². The van der Waals surface area contributed by atoms with Gasteiger partial charge in [0.25, 0.3) is 0 Å². The first-order chi connectivity index (χ1) is 11.6. The van der Waals surface area contributed by atoms with Crippen molar-refractivity contribution in [3.05, 3.63) is 65.3 Å². The highest BCUT2D eigenvalue weighted by atomic mass is 35.5. The summed E-state index contributed by atoms with van der Waals surface area (Å²) in [5.74, 6) is 0.869. The van der Waals surface area contributed by atoms with E-state index in [9.17, 15) is 4.79 Å². The molecule has 0 fully saturated rings. The number of Topliss-reactive ketones (excluding diaryl/α,β-unsaturated/α-hetero) is 1. The fraction of sp³-hybridized carbons (Fsp3) is 0.0588. The number of halogens is 1. The number of nitrogens with one attached hydrogen (secondary N) is 2. The molecule has 2 N–H and O–H groups in total. The van der Waals surface area contributed by atoms with Crippen LogP contribution in [0.5, 0.6) is 0 Å². The van der Waals surface area contributed by atoms with Crippen molar-refractivity contribution in [3.8, 4) is 0 Å². The van der Waals surface area contributed by atoms with E-state index in [0.717, 1.165) is 11.4 Å². The molecule has 6 nitrogen and oxygen atoms in total. The zero-order chi connectivity index (χ0) is 16.9. The number of ketones is 1. The minimum atomic E-state index is 0.0189. The summed E-state index contributed by atoms with van der Waals surface area (Å²) in [6, 6.07) is 14.4. The van der Waals surface area contributed by atoms with Crippen molar-refractivity contribution >= 4 is 40.5 Å². The lowest BCUT2D eigenvalue weighted by Crippen LogP contribution is -2.02. The topological polar surface area (TPSA) is 79.8 Å². The Morgan fingerprint density at radius 1 is 1.04 bits per heavy atom. The third-order valence-corrected chi connectivity index (χ3v) is 3.57. The molecule has 1 heterocycles. The van der Waals surface area contributed by atoms with Gasteiger partial charge in [0.05, 0.1) is 16.9 Å². The maximum Gasteiger partial charge on any atom is 0.249 e. The number of aromatic nitrogens is 3. The molecule has 0 spiro atoms.